The van der Waals surface area contributed by atoms with Crippen LogP contribution in [0.4, 0.5) is 0 Å². The maximum Gasteiger partial charge on any atom is 0.122 e. The number of hydrogen-bond acceptors (Lipinski definition) is 4. The number of nitrogens with zero attached hydrogens (tertiary/aromatic N) is 4. The fourth-order valence-corrected chi connectivity index (χ4v) is 3.88. The van der Waals surface area contributed by atoms with E-state index in [1.807, 2.05) is 0 Å². The third-order valence-electron chi connectivity index (χ3n) is 4.25. The zero-order chi connectivity index (χ0) is 11.9. The van der Waals surface area contributed by atoms with Gasteiger partial charge in [0.2, 0.25) is 0 Å². The summed E-state index contributed by atoms with van der Waals surface area (Å²) in [4.78, 5) is 3.76. The molecule has 3 aliphatic heterocycles. The van der Waals surface area contributed by atoms with Crippen LogP contribution in [0.3, 0.4) is 0 Å². The molecule has 18 heavy (non-hydrogen) atoms. The molecule has 5 rings (SSSR count). The summed E-state index contributed by atoms with van der Waals surface area (Å²) < 4.78 is 2.10. The van der Waals surface area contributed by atoms with Crippen molar-refractivity contribution in [2.75, 3.05) is 19.6 Å². The van der Waals surface area contributed by atoms with Crippen LogP contribution in [0.5, 0.6) is 0 Å². The van der Waals surface area contributed by atoms with Crippen molar-refractivity contribution >= 4 is 11.3 Å². The van der Waals surface area contributed by atoms with Crippen molar-refractivity contribution in [3.05, 3.63) is 23.7 Å². The van der Waals surface area contributed by atoms with Crippen LogP contribution >= 0.6 is 11.3 Å². The van der Waals surface area contributed by atoms with Gasteiger partial charge in [-0.15, -0.1) is 16.4 Å². The molecule has 0 aliphatic carbocycles. The molecule has 2 aromatic rings. The minimum atomic E-state index is 0.536. The van der Waals surface area contributed by atoms with Gasteiger partial charge >= 0.3 is 0 Å². The third-order valence-corrected chi connectivity index (χ3v) is 5.14. The zero-order valence-corrected chi connectivity index (χ0v) is 11.0. The normalized spacial score (nSPS) is 30.8. The quantitative estimate of drug-likeness (QED) is 0.830. The molecule has 94 valence electrons. The molecule has 5 heterocycles. The Morgan fingerprint density at radius 2 is 2.17 bits per heavy atom. The predicted molar refractivity (Wildman–Crippen MR) is 71.5 cm³/mol. The van der Waals surface area contributed by atoms with E-state index in [0.29, 0.717) is 6.04 Å². The fourth-order valence-electron chi connectivity index (χ4n) is 3.21. The van der Waals surface area contributed by atoms with E-state index in [0.717, 1.165) is 18.2 Å². The number of thiophene rings is 1. The number of piperidine rings is 3. The van der Waals surface area contributed by atoms with Crippen LogP contribution in [-0.2, 0) is 0 Å². The third kappa shape index (κ3) is 1.69. The number of aromatic nitrogens is 3. The van der Waals surface area contributed by atoms with Gasteiger partial charge in [-0.05, 0) is 43.3 Å². The Labute approximate surface area is 110 Å². The average Bonchev–Trinajstić information content (AvgIpc) is 3.11. The number of rotatable bonds is 2. The summed E-state index contributed by atoms with van der Waals surface area (Å²) >= 11 is 1.73. The first-order valence-corrected chi connectivity index (χ1v) is 7.46. The Bertz CT molecular complexity index is 525. The summed E-state index contributed by atoms with van der Waals surface area (Å²) in [5.74, 6) is 0.799. The second-order valence-corrected chi connectivity index (χ2v) is 6.21. The molecule has 1 atom stereocenters. The largest absolute Gasteiger partial charge is 0.301 e. The smallest absolute Gasteiger partial charge is 0.122 e. The van der Waals surface area contributed by atoms with Gasteiger partial charge in [-0.25, -0.2) is 4.68 Å². The van der Waals surface area contributed by atoms with Gasteiger partial charge in [-0.1, -0.05) is 11.3 Å². The molecule has 3 saturated heterocycles. The average molecular weight is 260 g/mol. The van der Waals surface area contributed by atoms with E-state index < -0.39 is 0 Å². The molecule has 2 bridgehead atoms. The monoisotopic (exact) mass is 260 g/mol. The summed E-state index contributed by atoms with van der Waals surface area (Å²) in [5.41, 5.74) is 1.02. The van der Waals surface area contributed by atoms with E-state index in [9.17, 15) is 0 Å². The lowest BCUT2D eigenvalue weighted by molar-refractivity contribution is 0.0504. The van der Waals surface area contributed by atoms with Crippen molar-refractivity contribution in [3.63, 3.8) is 0 Å². The van der Waals surface area contributed by atoms with Crippen LogP contribution in [0.15, 0.2) is 23.7 Å². The van der Waals surface area contributed by atoms with Crippen molar-refractivity contribution < 1.29 is 0 Å². The van der Waals surface area contributed by atoms with Gasteiger partial charge in [0.1, 0.15) is 5.69 Å². The molecule has 4 nitrogen and oxygen atoms in total. The molecule has 0 saturated carbocycles. The topological polar surface area (TPSA) is 34.0 Å². The van der Waals surface area contributed by atoms with Crippen LogP contribution in [0.1, 0.15) is 18.9 Å². The van der Waals surface area contributed by atoms with E-state index in [-0.39, 0.29) is 0 Å². The first-order chi connectivity index (χ1) is 8.90. The van der Waals surface area contributed by atoms with Crippen LogP contribution in [-0.4, -0.2) is 39.5 Å². The minimum Gasteiger partial charge on any atom is -0.301 e. The van der Waals surface area contributed by atoms with Crippen molar-refractivity contribution in [3.8, 4) is 10.6 Å². The standard InChI is InChI=1S/C13H16N4S/c1-2-13(18-7-1)11-8-17(15-14-11)12-9-16-5-3-10(12)4-6-16/h1-2,7-8,10,12H,3-6,9H2. The summed E-state index contributed by atoms with van der Waals surface area (Å²) in [7, 11) is 0. The molecule has 5 heteroatoms. The second-order valence-electron chi connectivity index (χ2n) is 5.27. The number of hydrogen-bond donors (Lipinski definition) is 0. The SMILES string of the molecule is c1csc(-c2cn(C3CN4CCC3CC4)nn2)c1. The Morgan fingerprint density at radius 3 is 2.83 bits per heavy atom. The highest BCUT2D eigenvalue weighted by Crippen LogP contribution is 2.35. The molecular weight excluding hydrogens is 244 g/mol. The molecule has 2 aromatic heterocycles. The Hall–Kier alpha value is -1.20. The zero-order valence-electron chi connectivity index (χ0n) is 10.2. The van der Waals surface area contributed by atoms with E-state index >= 15 is 0 Å². The predicted octanol–water partition coefficient (Wildman–Crippen LogP) is 2.27. The summed E-state index contributed by atoms with van der Waals surface area (Å²) in [6, 6.07) is 4.71. The Kier molecular flexibility index (Phi) is 2.48. The van der Waals surface area contributed by atoms with E-state index in [2.05, 4.69) is 43.6 Å². The Balaban J connectivity index is 1.62. The van der Waals surface area contributed by atoms with Crippen molar-refractivity contribution in [1.82, 2.24) is 19.9 Å². The highest BCUT2D eigenvalue weighted by molar-refractivity contribution is 7.13. The fraction of sp³-hybridized carbons (Fsp3) is 0.538. The van der Waals surface area contributed by atoms with Gasteiger partial charge in [0.15, 0.2) is 0 Å². The van der Waals surface area contributed by atoms with Crippen molar-refractivity contribution in [2.45, 2.75) is 18.9 Å². The van der Waals surface area contributed by atoms with Gasteiger partial charge in [0.05, 0.1) is 17.1 Å². The van der Waals surface area contributed by atoms with Gasteiger partial charge < -0.3 is 4.90 Å². The molecule has 0 spiro atoms. The van der Waals surface area contributed by atoms with Crippen molar-refractivity contribution in [1.29, 1.82) is 0 Å². The summed E-state index contributed by atoms with van der Waals surface area (Å²) in [5, 5.41) is 10.8. The highest BCUT2D eigenvalue weighted by Gasteiger charge is 2.35. The van der Waals surface area contributed by atoms with Gasteiger partial charge in [0, 0.05) is 6.54 Å². The first kappa shape index (κ1) is 10.7. The summed E-state index contributed by atoms with van der Waals surface area (Å²) in [6.45, 7) is 3.69. The van der Waals surface area contributed by atoms with Gasteiger partial charge in [-0.2, -0.15) is 0 Å². The van der Waals surface area contributed by atoms with Crippen LogP contribution in [0.2, 0.25) is 0 Å². The Morgan fingerprint density at radius 1 is 1.28 bits per heavy atom. The highest BCUT2D eigenvalue weighted by atomic mass is 32.1. The van der Waals surface area contributed by atoms with Crippen LogP contribution in [0.25, 0.3) is 10.6 Å². The lowest BCUT2D eigenvalue weighted by Crippen LogP contribution is -2.48. The molecule has 0 aromatic carbocycles. The lowest BCUT2D eigenvalue weighted by atomic mass is 9.84. The first-order valence-electron chi connectivity index (χ1n) is 6.58. The molecule has 0 N–H and O–H groups in total. The molecule has 0 amide bonds. The maximum absolute atomic E-state index is 4.36. The van der Waals surface area contributed by atoms with E-state index in [1.165, 1.54) is 30.8 Å². The van der Waals surface area contributed by atoms with Crippen LogP contribution < -0.4 is 0 Å². The minimum absolute atomic E-state index is 0.536. The van der Waals surface area contributed by atoms with Gasteiger partial charge in [-0.3, -0.25) is 0 Å². The molecular formula is C13H16N4S. The maximum atomic E-state index is 4.36. The summed E-state index contributed by atoms with van der Waals surface area (Å²) in [6.07, 6.45) is 4.76. The van der Waals surface area contributed by atoms with E-state index in [4.69, 9.17) is 0 Å². The molecule has 1 unspecified atom stereocenters. The van der Waals surface area contributed by atoms with Crippen molar-refractivity contribution in [2.24, 2.45) is 5.92 Å². The number of fused-ring (bicyclic) bond motifs is 3. The molecule has 0 radical (unpaired) electrons. The lowest BCUT2D eigenvalue weighted by Gasteiger charge is -2.44. The van der Waals surface area contributed by atoms with Crippen LogP contribution in [0, 0.1) is 5.92 Å². The second kappa shape index (κ2) is 4.17. The molecule has 3 aliphatic rings. The molecule has 3 fully saturated rings. The van der Waals surface area contributed by atoms with E-state index in [1.54, 1.807) is 11.3 Å². The van der Waals surface area contributed by atoms with Gasteiger partial charge in [0.25, 0.3) is 0 Å².